The van der Waals surface area contributed by atoms with E-state index in [1.807, 2.05) is 0 Å². The molecule has 1 N–H and O–H groups in total. The molecule has 0 amide bonds. The van der Waals surface area contributed by atoms with E-state index >= 15 is 0 Å². The lowest BCUT2D eigenvalue weighted by molar-refractivity contribution is 0.164. The minimum Gasteiger partial charge on any atom is -0.493 e. The number of hydrogen-bond donors (Lipinski definition) is 1. The largest absolute Gasteiger partial charge is 0.493 e. The van der Waals surface area contributed by atoms with Gasteiger partial charge in [-0.15, -0.1) is 0 Å². The predicted molar refractivity (Wildman–Crippen MR) is 78.7 cm³/mol. The Labute approximate surface area is 116 Å². The minimum atomic E-state index is 0.442. The molecule has 1 aliphatic carbocycles. The summed E-state index contributed by atoms with van der Waals surface area (Å²) >= 11 is 0. The van der Waals surface area contributed by atoms with Crippen LogP contribution in [0.2, 0.25) is 0 Å². The van der Waals surface area contributed by atoms with Crippen molar-refractivity contribution in [2.24, 2.45) is 5.41 Å². The summed E-state index contributed by atoms with van der Waals surface area (Å²) in [5, 5.41) is 3.81. The molecule has 1 aromatic rings. The Morgan fingerprint density at radius 3 is 2.95 bits per heavy atom. The minimum absolute atomic E-state index is 0.442. The first-order chi connectivity index (χ1) is 9.17. The van der Waals surface area contributed by atoms with E-state index in [1.165, 1.54) is 31.2 Å². The van der Waals surface area contributed by atoms with Gasteiger partial charge in [0.2, 0.25) is 0 Å². The van der Waals surface area contributed by atoms with E-state index in [1.54, 1.807) is 0 Å². The van der Waals surface area contributed by atoms with Crippen LogP contribution in [-0.2, 0) is 0 Å². The van der Waals surface area contributed by atoms with Crippen molar-refractivity contribution in [2.75, 3.05) is 13.2 Å². The predicted octanol–water partition coefficient (Wildman–Crippen LogP) is 3.72. The van der Waals surface area contributed by atoms with Crippen LogP contribution in [0.5, 0.6) is 5.75 Å². The zero-order chi connectivity index (χ0) is 13.3. The second-order valence-corrected chi connectivity index (χ2v) is 6.74. The number of para-hydroxylation sites is 1. The molecule has 104 valence electrons. The fraction of sp³-hybridized carbons (Fsp3) is 0.647. The molecule has 2 heteroatoms. The molecular formula is C17H25NO. The van der Waals surface area contributed by atoms with Crippen LogP contribution < -0.4 is 10.1 Å². The van der Waals surface area contributed by atoms with Crippen molar-refractivity contribution in [3.63, 3.8) is 0 Å². The molecule has 1 heterocycles. The van der Waals surface area contributed by atoms with Gasteiger partial charge in [-0.1, -0.05) is 44.9 Å². The number of rotatable bonds is 3. The fourth-order valence-electron chi connectivity index (χ4n) is 3.56. The summed E-state index contributed by atoms with van der Waals surface area (Å²) in [6.45, 7) is 6.69. The third-order valence-corrected chi connectivity index (χ3v) is 4.92. The monoisotopic (exact) mass is 259 g/mol. The van der Waals surface area contributed by atoms with E-state index < -0.39 is 0 Å². The van der Waals surface area contributed by atoms with Crippen LogP contribution in [-0.4, -0.2) is 19.2 Å². The van der Waals surface area contributed by atoms with Crippen molar-refractivity contribution in [3.05, 3.63) is 29.8 Å². The average Bonchev–Trinajstić information content (AvgIpc) is 2.80. The van der Waals surface area contributed by atoms with Crippen LogP contribution in [0, 0.1) is 5.41 Å². The normalized spacial score (nSPS) is 28.7. The standard InChI is InChI=1S/C17H25NO/c1-17(2)10-6-5-9-16(17)18-11-13-12-19-15-8-4-3-7-14(13)15/h3-4,7-8,13,16,18H,5-6,9-12H2,1-2H3. The van der Waals surface area contributed by atoms with E-state index in [-0.39, 0.29) is 0 Å². The molecule has 1 aliphatic heterocycles. The summed E-state index contributed by atoms with van der Waals surface area (Å²) in [5.74, 6) is 1.60. The molecule has 0 aromatic heterocycles. The molecular weight excluding hydrogens is 234 g/mol. The second kappa shape index (κ2) is 5.16. The van der Waals surface area contributed by atoms with Crippen LogP contribution in [0.1, 0.15) is 51.0 Å². The molecule has 2 aliphatic rings. The highest BCUT2D eigenvalue weighted by atomic mass is 16.5. The second-order valence-electron chi connectivity index (χ2n) is 6.74. The van der Waals surface area contributed by atoms with Crippen molar-refractivity contribution in [1.82, 2.24) is 5.32 Å². The lowest BCUT2D eigenvalue weighted by Gasteiger charge is -2.39. The van der Waals surface area contributed by atoms with Gasteiger partial charge in [0.1, 0.15) is 5.75 Å². The first-order valence-electron chi connectivity index (χ1n) is 7.62. The maximum atomic E-state index is 5.76. The number of nitrogens with one attached hydrogen (secondary N) is 1. The van der Waals surface area contributed by atoms with Crippen molar-refractivity contribution in [2.45, 2.75) is 51.5 Å². The zero-order valence-corrected chi connectivity index (χ0v) is 12.1. The highest BCUT2D eigenvalue weighted by Gasteiger charge is 2.33. The van der Waals surface area contributed by atoms with E-state index in [0.29, 0.717) is 17.4 Å². The van der Waals surface area contributed by atoms with Gasteiger partial charge in [-0.2, -0.15) is 0 Å². The Bertz CT molecular complexity index is 441. The SMILES string of the molecule is CC1(C)CCCCC1NCC1COc2ccccc21. The molecule has 1 aromatic carbocycles. The van der Waals surface area contributed by atoms with E-state index in [2.05, 4.69) is 43.4 Å². The van der Waals surface area contributed by atoms with Crippen molar-refractivity contribution < 1.29 is 4.74 Å². The summed E-state index contributed by atoms with van der Waals surface area (Å²) in [5.41, 5.74) is 1.82. The number of benzene rings is 1. The van der Waals surface area contributed by atoms with Crippen molar-refractivity contribution >= 4 is 0 Å². The van der Waals surface area contributed by atoms with Gasteiger partial charge in [0.05, 0.1) is 6.61 Å². The van der Waals surface area contributed by atoms with Crippen LogP contribution in [0.4, 0.5) is 0 Å². The van der Waals surface area contributed by atoms with Crippen LogP contribution in [0.3, 0.4) is 0 Å². The molecule has 3 rings (SSSR count). The highest BCUT2D eigenvalue weighted by molar-refractivity contribution is 5.39. The number of hydrogen-bond acceptors (Lipinski definition) is 2. The average molecular weight is 259 g/mol. The molecule has 1 saturated carbocycles. The Balaban J connectivity index is 1.61. The quantitative estimate of drug-likeness (QED) is 0.893. The van der Waals surface area contributed by atoms with Crippen LogP contribution in [0.25, 0.3) is 0 Å². The zero-order valence-electron chi connectivity index (χ0n) is 12.1. The molecule has 2 unspecified atom stereocenters. The van der Waals surface area contributed by atoms with Crippen molar-refractivity contribution in [1.29, 1.82) is 0 Å². The van der Waals surface area contributed by atoms with Gasteiger partial charge in [0.15, 0.2) is 0 Å². The van der Waals surface area contributed by atoms with E-state index in [4.69, 9.17) is 4.74 Å². The van der Waals surface area contributed by atoms with E-state index in [0.717, 1.165) is 18.9 Å². The molecule has 0 bridgehead atoms. The molecule has 2 atom stereocenters. The Morgan fingerprint density at radius 1 is 1.26 bits per heavy atom. The van der Waals surface area contributed by atoms with Gasteiger partial charge in [0.25, 0.3) is 0 Å². The number of ether oxygens (including phenoxy) is 1. The van der Waals surface area contributed by atoms with Gasteiger partial charge < -0.3 is 10.1 Å². The van der Waals surface area contributed by atoms with Gasteiger partial charge in [-0.3, -0.25) is 0 Å². The lowest BCUT2D eigenvalue weighted by atomic mass is 9.73. The molecule has 19 heavy (non-hydrogen) atoms. The van der Waals surface area contributed by atoms with Crippen molar-refractivity contribution in [3.8, 4) is 5.75 Å². The Hall–Kier alpha value is -1.02. The summed E-state index contributed by atoms with van der Waals surface area (Å²) in [7, 11) is 0. The molecule has 0 spiro atoms. The molecule has 1 fully saturated rings. The third-order valence-electron chi connectivity index (χ3n) is 4.92. The van der Waals surface area contributed by atoms with Gasteiger partial charge in [0, 0.05) is 24.1 Å². The maximum absolute atomic E-state index is 5.76. The smallest absolute Gasteiger partial charge is 0.122 e. The number of fused-ring (bicyclic) bond motifs is 1. The summed E-state index contributed by atoms with van der Waals surface area (Å²) in [6, 6.07) is 9.12. The summed E-state index contributed by atoms with van der Waals surface area (Å²) in [6.07, 6.45) is 5.43. The van der Waals surface area contributed by atoms with Gasteiger partial charge in [-0.25, -0.2) is 0 Å². The maximum Gasteiger partial charge on any atom is 0.122 e. The van der Waals surface area contributed by atoms with Crippen LogP contribution in [0.15, 0.2) is 24.3 Å². The fourth-order valence-corrected chi connectivity index (χ4v) is 3.56. The molecule has 2 nitrogen and oxygen atoms in total. The van der Waals surface area contributed by atoms with Gasteiger partial charge in [-0.05, 0) is 24.3 Å². The topological polar surface area (TPSA) is 21.3 Å². The highest BCUT2D eigenvalue weighted by Crippen LogP contribution is 2.37. The van der Waals surface area contributed by atoms with E-state index in [9.17, 15) is 0 Å². The molecule has 0 radical (unpaired) electrons. The first-order valence-corrected chi connectivity index (χ1v) is 7.62. The third kappa shape index (κ3) is 2.64. The van der Waals surface area contributed by atoms with Crippen LogP contribution >= 0.6 is 0 Å². The summed E-state index contributed by atoms with van der Waals surface area (Å²) in [4.78, 5) is 0. The summed E-state index contributed by atoms with van der Waals surface area (Å²) < 4.78 is 5.76. The molecule has 0 saturated heterocycles. The Morgan fingerprint density at radius 2 is 2.11 bits per heavy atom. The lowest BCUT2D eigenvalue weighted by Crippen LogP contribution is -2.45. The Kier molecular flexibility index (Phi) is 3.53. The first kappa shape index (κ1) is 13.0. The van der Waals surface area contributed by atoms with Gasteiger partial charge >= 0.3 is 0 Å².